The second-order valence-electron chi connectivity index (χ2n) is 5.87. The number of sulfonamides is 1. The molecule has 1 aromatic carbocycles. The first-order chi connectivity index (χ1) is 12.4. The first kappa shape index (κ1) is 17.1. The van der Waals surface area contributed by atoms with Crippen LogP contribution in [0, 0.1) is 0 Å². The molecule has 1 atom stereocenters. The van der Waals surface area contributed by atoms with Gasteiger partial charge in [0.05, 0.1) is 17.0 Å². The van der Waals surface area contributed by atoms with Gasteiger partial charge in [0, 0.05) is 25.0 Å². The number of ether oxygens (including phenoxy) is 1. The number of nitrogens with one attached hydrogen (secondary N) is 1. The first-order valence-corrected chi connectivity index (χ1v) is 9.64. The van der Waals surface area contributed by atoms with E-state index in [-0.39, 0.29) is 17.5 Å². The van der Waals surface area contributed by atoms with Crippen molar-refractivity contribution in [2.45, 2.75) is 17.4 Å². The lowest BCUT2D eigenvalue weighted by molar-refractivity contribution is 0.215. The summed E-state index contributed by atoms with van der Waals surface area (Å²) in [5.41, 5.74) is 0.649. The summed E-state index contributed by atoms with van der Waals surface area (Å²) in [4.78, 5) is 17.7. The van der Waals surface area contributed by atoms with E-state index in [9.17, 15) is 13.2 Å². The van der Waals surface area contributed by atoms with E-state index >= 15 is 0 Å². The van der Waals surface area contributed by atoms with E-state index in [2.05, 4.69) is 9.97 Å². The van der Waals surface area contributed by atoms with Crippen molar-refractivity contribution in [2.24, 2.45) is 0 Å². The number of H-pyrrole nitrogens is 1. The third kappa shape index (κ3) is 3.09. The Morgan fingerprint density at radius 1 is 1.35 bits per heavy atom. The van der Waals surface area contributed by atoms with Crippen molar-refractivity contribution in [3.63, 3.8) is 0 Å². The number of hydrogen-bond acceptors (Lipinski definition) is 6. The molecule has 1 aliphatic rings. The Morgan fingerprint density at radius 3 is 3.00 bits per heavy atom. The molecule has 3 aromatic rings. The molecule has 1 unspecified atom stereocenters. The number of fused-ring (bicyclic) bond motifs is 1. The lowest BCUT2D eigenvalue weighted by atomic mass is 10.3. The molecule has 8 nitrogen and oxygen atoms in total. The van der Waals surface area contributed by atoms with Crippen molar-refractivity contribution in [2.75, 3.05) is 13.1 Å². The summed E-state index contributed by atoms with van der Waals surface area (Å²) in [7, 11) is -3.71. The van der Waals surface area contributed by atoms with E-state index in [4.69, 9.17) is 20.8 Å². The zero-order valence-corrected chi connectivity index (χ0v) is 15.0. The summed E-state index contributed by atoms with van der Waals surface area (Å²) in [6.45, 7) is 0.538. The Morgan fingerprint density at radius 2 is 2.19 bits per heavy atom. The maximum atomic E-state index is 12.9. The fourth-order valence-corrected chi connectivity index (χ4v) is 4.57. The largest absolute Gasteiger partial charge is 0.487 e. The zero-order valence-electron chi connectivity index (χ0n) is 13.4. The molecular formula is C16H14ClN3O5S. The van der Waals surface area contributed by atoms with Crippen LogP contribution in [0.3, 0.4) is 0 Å². The Hall–Kier alpha value is -2.36. The number of nitrogens with zero attached hydrogens (tertiary/aromatic N) is 2. The van der Waals surface area contributed by atoms with Gasteiger partial charge in [0.2, 0.25) is 10.0 Å². The second-order valence-corrected chi connectivity index (χ2v) is 8.22. The molecule has 1 aliphatic heterocycles. The third-order valence-corrected chi connectivity index (χ3v) is 6.31. The maximum Gasteiger partial charge on any atom is 0.417 e. The number of pyridine rings is 1. The molecular weight excluding hydrogens is 382 g/mol. The van der Waals surface area contributed by atoms with Crippen LogP contribution in [0.2, 0.25) is 5.02 Å². The zero-order chi connectivity index (χ0) is 18.3. The third-order valence-electron chi connectivity index (χ3n) is 4.16. The predicted octanol–water partition coefficient (Wildman–Crippen LogP) is 2.01. The Kier molecular flexibility index (Phi) is 4.22. The van der Waals surface area contributed by atoms with Crippen molar-refractivity contribution in [3.8, 4) is 5.75 Å². The van der Waals surface area contributed by atoms with Crippen LogP contribution < -0.4 is 10.5 Å². The highest BCUT2D eigenvalue weighted by Gasteiger charge is 2.34. The van der Waals surface area contributed by atoms with Gasteiger partial charge in [0.1, 0.15) is 16.9 Å². The monoisotopic (exact) mass is 395 g/mol. The summed E-state index contributed by atoms with van der Waals surface area (Å²) in [6.07, 6.45) is 3.28. The molecule has 0 radical (unpaired) electrons. The Balaban J connectivity index is 1.54. The van der Waals surface area contributed by atoms with Crippen molar-refractivity contribution < 1.29 is 17.6 Å². The quantitative estimate of drug-likeness (QED) is 0.724. The van der Waals surface area contributed by atoms with Crippen LogP contribution in [0.5, 0.6) is 5.75 Å². The number of benzene rings is 1. The highest BCUT2D eigenvalue weighted by Crippen LogP contribution is 2.28. The van der Waals surface area contributed by atoms with E-state index < -0.39 is 15.8 Å². The minimum Gasteiger partial charge on any atom is -0.487 e. The molecule has 1 N–H and O–H groups in total. The highest BCUT2D eigenvalue weighted by molar-refractivity contribution is 7.89. The van der Waals surface area contributed by atoms with Gasteiger partial charge in [-0.05, 0) is 24.6 Å². The van der Waals surface area contributed by atoms with Gasteiger partial charge in [-0.2, -0.15) is 4.31 Å². The lowest BCUT2D eigenvalue weighted by Crippen LogP contribution is -2.31. The fraction of sp³-hybridized carbons (Fsp3) is 0.250. The molecule has 4 rings (SSSR count). The molecule has 10 heteroatoms. The molecule has 1 fully saturated rings. The summed E-state index contributed by atoms with van der Waals surface area (Å²) in [5.74, 6) is -0.151. The molecule has 0 spiro atoms. The average molecular weight is 396 g/mol. The maximum absolute atomic E-state index is 12.9. The van der Waals surface area contributed by atoms with E-state index in [1.807, 2.05) is 0 Å². The summed E-state index contributed by atoms with van der Waals surface area (Å²) < 4.78 is 37.8. The van der Waals surface area contributed by atoms with Gasteiger partial charge in [-0.25, -0.2) is 13.2 Å². The van der Waals surface area contributed by atoms with Crippen molar-refractivity contribution in [3.05, 3.63) is 52.2 Å². The highest BCUT2D eigenvalue weighted by atomic mass is 35.5. The van der Waals surface area contributed by atoms with Crippen LogP contribution in [-0.2, 0) is 10.0 Å². The van der Waals surface area contributed by atoms with Crippen LogP contribution in [0.15, 0.2) is 50.8 Å². The molecule has 2 aromatic heterocycles. The van der Waals surface area contributed by atoms with Gasteiger partial charge in [0.25, 0.3) is 0 Å². The Bertz CT molecular complexity index is 1120. The number of rotatable bonds is 4. The van der Waals surface area contributed by atoms with Crippen LogP contribution in [-0.4, -0.2) is 41.9 Å². The smallest absolute Gasteiger partial charge is 0.417 e. The molecule has 26 heavy (non-hydrogen) atoms. The van der Waals surface area contributed by atoms with Crippen molar-refractivity contribution in [1.29, 1.82) is 0 Å². The number of hydrogen-bond donors (Lipinski definition) is 1. The van der Waals surface area contributed by atoms with Crippen LogP contribution in [0.25, 0.3) is 11.1 Å². The van der Waals surface area contributed by atoms with Crippen molar-refractivity contribution in [1.82, 2.24) is 14.3 Å². The van der Waals surface area contributed by atoms with E-state index in [0.717, 1.165) is 0 Å². The molecule has 0 bridgehead atoms. The topological polar surface area (TPSA) is 106 Å². The minimum absolute atomic E-state index is 0.0876. The van der Waals surface area contributed by atoms with Gasteiger partial charge in [0.15, 0.2) is 5.58 Å². The summed E-state index contributed by atoms with van der Waals surface area (Å²) in [6, 6.07) is 5.91. The van der Waals surface area contributed by atoms with E-state index in [0.29, 0.717) is 34.8 Å². The number of halogens is 1. The predicted molar refractivity (Wildman–Crippen MR) is 93.9 cm³/mol. The summed E-state index contributed by atoms with van der Waals surface area (Å²) >= 11 is 6.03. The lowest BCUT2D eigenvalue weighted by Gasteiger charge is -2.17. The average Bonchev–Trinajstić information content (AvgIpc) is 3.22. The first-order valence-electron chi connectivity index (χ1n) is 7.83. The van der Waals surface area contributed by atoms with Crippen LogP contribution in [0.4, 0.5) is 0 Å². The van der Waals surface area contributed by atoms with Gasteiger partial charge >= 0.3 is 5.76 Å². The standard InChI is InChI=1S/C16H14ClN3O5S/c17-12-8-18-5-3-14(12)24-10-4-6-20(9-10)26(22,23)11-1-2-15-13(7-11)19-16(21)25-15/h1-3,5,7-8,10H,4,6,9H2,(H,19,21). The van der Waals surface area contributed by atoms with Crippen LogP contribution in [0.1, 0.15) is 6.42 Å². The number of oxazole rings is 1. The normalized spacial score (nSPS) is 18.4. The molecule has 3 heterocycles. The Labute approximate surface area is 153 Å². The molecule has 0 amide bonds. The van der Waals surface area contributed by atoms with E-state index in [1.165, 1.54) is 28.7 Å². The van der Waals surface area contributed by atoms with E-state index in [1.54, 1.807) is 12.3 Å². The fourth-order valence-electron chi connectivity index (χ4n) is 2.89. The van der Waals surface area contributed by atoms with Gasteiger partial charge in [-0.15, -0.1) is 0 Å². The molecule has 0 saturated carbocycles. The second kappa shape index (κ2) is 6.42. The number of aromatic amines is 1. The van der Waals surface area contributed by atoms with Crippen LogP contribution >= 0.6 is 11.6 Å². The van der Waals surface area contributed by atoms with Gasteiger partial charge < -0.3 is 9.15 Å². The molecule has 136 valence electrons. The van der Waals surface area contributed by atoms with Crippen molar-refractivity contribution >= 4 is 32.7 Å². The minimum atomic E-state index is -3.71. The van der Waals surface area contributed by atoms with Gasteiger partial charge in [-0.1, -0.05) is 11.6 Å². The summed E-state index contributed by atoms with van der Waals surface area (Å²) in [5, 5.41) is 0.378. The molecule has 0 aliphatic carbocycles. The SMILES string of the molecule is O=c1[nH]c2cc(S(=O)(=O)N3CCC(Oc4ccncc4Cl)C3)ccc2o1. The number of aromatic nitrogens is 2. The molecule has 1 saturated heterocycles. The van der Waals surface area contributed by atoms with Gasteiger partial charge in [-0.3, -0.25) is 9.97 Å².